The summed E-state index contributed by atoms with van der Waals surface area (Å²) < 4.78 is 31.3. The van der Waals surface area contributed by atoms with E-state index in [-0.39, 0.29) is 12.4 Å². The van der Waals surface area contributed by atoms with E-state index in [0.717, 1.165) is 28.1 Å². The van der Waals surface area contributed by atoms with Gasteiger partial charge in [0.25, 0.3) is 0 Å². The quantitative estimate of drug-likeness (QED) is 0.0825. The summed E-state index contributed by atoms with van der Waals surface area (Å²) in [5, 5.41) is 10.2. The van der Waals surface area contributed by atoms with E-state index in [1.54, 1.807) is 36.6 Å². The molecule has 0 radical (unpaired) electrons. The van der Waals surface area contributed by atoms with Crippen molar-refractivity contribution in [1.29, 1.82) is 0 Å². The van der Waals surface area contributed by atoms with Crippen LogP contribution >= 0.6 is 8.60 Å². The summed E-state index contributed by atoms with van der Waals surface area (Å²) in [6.07, 6.45) is 7.83. The minimum absolute atomic E-state index is 0.161. The number of nitrogens with zero attached hydrogens (tertiary/aromatic N) is 3. The normalized spacial score (nSPS) is 11.2. The lowest BCUT2D eigenvalue weighted by Crippen LogP contribution is -2.04. The lowest BCUT2D eigenvalue weighted by molar-refractivity contribution is 0.238. The van der Waals surface area contributed by atoms with Crippen LogP contribution in [-0.2, 0) is 28.5 Å². The van der Waals surface area contributed by atoms with Crippen molar-refractivity contribution in [2.75, 3.05) is 13.2 Å². The van der Waals surface area contributed by atoms with E-state index in [9.17, 15) is 5.11 Å². The van der Waals surface area contributed by atoms with Crippen molar-refractivity contribution < 1.29 is 27.8 Å². The summed E-state index contributed by atoms with van der Waals surface area (Å²) in [6.45, 7) is 8.25. The van der Waals surface area contributed by atoms with Crippen LogP contribution in [0.5, 0.6) is 17.4 Å². The number of imidazole rings is 1. The first-order chi connectivity index (χ1) is 23.1. The van der Waals surface area contributed by atoms with E-state index in [2.05, 4.69) is 25.3 Å². The number of ether oxygens (including phenoxy) is 1. The highest BCUT2D eigenvalue weighted by Gasteiger charge is 2.21. The van der Waals surface area contributed by atoms with Crippen molar-refractivity contribution >= 4 is 14.2 Å². The van der Waals surface area contributed by atoms with E-state index < -0.39 is 8.60 Å². The van der Waals surface area contributed by atoms with Crippen molar-refractivity contribution in [2.24, 2.45) is 0 Å². The molecule has 1 N–H and O–H groups in total. The third kappa shape index (κ3) is 8.15. The zero-order valence-corrected chi connectivity index (χ0v) is 26.6. The average molecular weight is 648 g/mol. The molecule has 238 valence electrons. The number of furan rings is 1. The van der Waals surface area contributed by atoms with E-state index in [1.165, 1.54) is 0 Å². The number of aromatic nitrogens is 3. The number of phenols is 1. The van der Waals surface area contributed by atoms with Gasteiger partial charge in [-0.25, -0.2) is 9.97 Å². The van der Waals surface area contributed by atoms with E-state index in [4.69, 9.17) is 32.7 Å². The van der Waals surface area contributed by atoms with Gasteiger partial charge in [0, 0.05) is 18.2 Å². The monoisotopic (exact) mass is 647 g/mol. The second-order valence-corrected chi connectivity index (χ2v) is 11.7. The first kappa shape index (κ1) is 31.8. The number of fused-ring (bicyclic) bond motifs is 1. The third-order valence-corrected chi connectivity index (χ3v) is 8.13. The van der Waals surface area contributed by atoms with Crippen LogP contribution in [0.25, 0.3) is 16.9 Å². The van der Waals surface area contributed by atoms with Crippen molar-refractivity contribution in [3.63, 3.8) is 0 Å². The molecular formula is C37H34N3O6P. The van der Waals surface area contributed by atoms with Crippen LogP contribution < -0.4 is 9.26 Å². The van der Waals surface area contributed by atoms with Crippen LogP contribution in [0.4, 0.5) is 0 Å². The molecule has 0 fully saturated rings. The van der Waals surface area contributed by atoms with Gasteiger partial charge in [-0.1, -0.05) is 66.7 Å². The summed E-state index contributed by atoms with van der Waals surface area (Å²) >= 11 is 0. The molecule has 10 heteroatoms. The van der Waals surface area contributed by atoms with Crippen molar-refractivity contribution in [1.82, 2.24) is 14.4 Å². The van der Waals surface area contributed by atoms with E-state index in [0.29, 0.717) is 54.7 Å². The van der Waals surface area contributed by atoms with Crippen LogP contribution in [-0.4, -0.2) is 32.7 Å². The van der Waals surface area contributed by atoms with Gasteiger partial charge in [-0.2, -0.15) is 0 Å². The lowest BCUT2D eigenvalue weighted by atomic mass is 10.1. The fourth-order valence-corrected chi connectivity index (χ4v) is 5.82. The Balaban J connectivity index is 1.34. The third-order valence-electron chi connectivity index (χ3n) is 7.05. The SMILES string of the molecule is C=CCOP(OCC=C)Oc1ccc(COc2c(Cc3ccco3)nc3c(Cc4ccccc4)nc(-c4cccc(O)c4)cn23)cc1. The highest BCUT2D eigenvalue weighted by molar-refractivity contribution is 7.42. The summed E-state index contributed by atoms with van der Waals surface area (Å²) in [5.41, 5.74) is 5.66. The van der Waals surface area contributed by atoms with Crippen LogP contribution in [0.1, 0.15) is 28.3 Å². The Kier molecular flexibility index (Phi) is 10.4. The van der Waals surface area contributed by atoms with Gasteiger partial charge in [-0.3, -0.25) is 13.4 Å². The summed E-state index contributed by atoms with van der Waals surface area (Å²) in [5.74, 6) is 2.11. The number of rotatable bonds is 16. The van der Waals surface area contributed by atoms with Gasteiger partial charge in [0.15, 0.2) is 5.65 Å². The zero-order valence-electron chi connectivity index (χ0n) is 25.7. The average Bonchev–Trinajstić information content (AvgIpc) is 3.74. The molecule has 0 unspecified atom stereocenters. The highest BCUT2D eigenvalue weighted by atomic mass is 31.2. The molecule has 0 saturated heterocycles. The lowest BCUT2D eigenvalue weighted by Gasteiger charge is -2.16. The molecule has 3 heterocycles. The highest BCUT2D eigenvalue weighted by Crippen LogP contribution is 2.40. The minimum Gasteiger partial charge on any atom is -0.508 e. The number of hydrogen-bond donors (Lipinski definition) is 1. The topological polar surface area (TPSA) is 100 Å². The number of benzene rings is 3. The number of aromatic hydroxyl groups is 1. The fraction of sp³-hybridized carbons (Fsp3) is 0.135. The predicted octanol–water partition coefficient (Wildman–Crippen LogP) is 8.47. The molecule has 6 aromatic rings. The number of hydrogen-bond acceptors (Lipinski definition) is 8. The Morgan fingerprint density at radius 3 is 2.30 bits per heavy atom. The molecule has 0 saturated carbocycles. The van der Waals surface area contributed by atoms with Gasteiger partial charge >= 0.3 is 8.60 Å². The molecule has 0 amide bonds. The zero-order chi connectivity index (χ0) is 32.4. The van der Waals surface area contributed by atoms with Crippen molar-refractivity contribution in [3.05, 3.63) is 157 Å². The van der Waals surface area contributed by atoms with Crippen LogP contribution in [0.3, 0.4) is 0 Å². The predicted molar refractivity (Wildman–Crippen MR) is 181 cm³/mol. The minimum atomic E-state index is -1.60. The van der Waals surface area contributed by atoms with Crippen LogP contribution in [0.15, 0.2) is 133 Å². The van der Waals surface area contributed by atoms with Gasteiger partial charge in [0.05, 0.1) is 37.3 Å². The molecule has 3 aromatic carbocycles. The fourth-order valence-electron chi connectivity index (χ4n) is 4.89. The summed E-state index contributed by atoms with van der Waals surface area (Å²) in [6, 6.07) is 28.5. The Morgan fingerprint density at radius 2 is 1.60 bits per heavy atom. The molecular weight excluding hydrogens is 613 g/mol. The van der Waals surface area contributed by atoms with Gasteiger partial charge in [-0.15, -0.1) is 13.2 Å². The Labute approximate surface area is 274 Å². The summed E-state index contributed by atoms with van der Waals surface area (Å²) in [4.78, 5) is 10.1. The van der Waals surface area contributed by atoms with Crippen molar-refractivity contribution in [3.8, 4) is 28.6 Å². The van der Waals surface area contributed by atoms with Gasteiger partial charge in [0.1, 0.15) is 29.6 Å². The molecule has 0 bridgehead atoms. The molecule has 0 aliphatic heterocycles. The Hall–Kier alpha value is -5.21. The molecule has 9 nitrogen and oxygen atoms in total. The van der Waals surface area contributed by atoms with Gasteiger partial charge < -0.3 is 18.8 Å². The second-order valence-electron chi connectivity index (χ2n) is 10.5. The van der Waals surface area contributed by atoms with E-state index in [1.807, 2.05) is 71.3 Å². The van der Waals surface area contributed by atoms with Gasteiger partial charge in [-0.05, 0) is 47.5 Å². The largest absolute Gasteiger partial charge is 0.508 e. The molecule has 6 rings (SSSR count). The number of phenolic OH excluding ortho intramolecular Hbond substituents is 1. The molecule has 0 atom stereocenters. The maximum atomic E-state index is 10.2. The van der Waals surface area contributed by atoms with Crippen LogP contribution in [0.2, 0.25) is 0 Å². The first-order valence-corrected chi connectivity index (χ1v) is 16.1. The smallest absolute Gasteiger partial charge is 0.397 e. The molecule has 47 heavy (non-hydrogen) atoms. The Bertz CT molecular complexity index is 1910. The van der Waals surface area contributed by atoms with E-state index >= 15 is 0 Å². The second kappa shape index (κ2) is 15.4. The van der Waals surface area contributed by atoms with Crippen molar-refractivity contribution in [2.45, 2.75) is 19.4 Å². The molecule has 0 aliphatic carbocycles. The Morgan fingerprint density at radius 1 is 0.809 bits per heavy atom. The van der Waals surface area contributed by atoms with Crippen LogP contribution in [0, 0.1) is 0 Å². The molecule has 0 aliphatic rings. The first-order valence-electron chi connectivity index (χ1n) is 15.0. The molecule has 0 spiro atoms. The maximum Gasteiger partial charge on any atom is 0.397 e. The van der Waals surface area contributed by atoms with Gasteiger partial charge in [0.2, 0.25) is 5.88 Å². The standard InChI is InChI=1S/C37H34N3O6P/c1-3-19-44-47(45-20-4-2)46-31-17-15-28(16-18-31)26-43-37-34(24-32-14-9-21-42-32)39-36-33(22-27-10-6-5-7-11-27)38-35(25-40(36)37)29-12-8-13-30(41)23-29/h3-18,21,23,25,41H,1-2,19-20,22,24,26H2. The maximum absolute atomic E-state index is 10.2. The summed E-state index contributed by atoms with van der Waals surface area (Å²) in [7, 11) is -1.60. The molecule has 3 aromatic heterocycles.